The molecule has 1 atom stereocenters. The normalized spacial score (nSPS) is 12.2. The highest BCUT2D eigenvalue weighted by Crippen LogP contribution is 2.17. The summed E-state index contributed by atoms with van der Waals surface area (Å²) in [6.07, 6.45) is -0.600. The fourth-order valence-corrected chi connectivity index (χ4v) is 1.23. The molecular formula is C12H18O4. The third-order valence-electron chi connectivity index (χ3n) is 1.94. The van der Waals surface area contributed by atoms with Crippen LogP contribution in [-0.4, -0.2) is 38.1 Å². The zero-order valence-electron chi connectivity index (χ0n) is 9.68. The van der Waals surface area contributed by atoms with Gasteiger partial charge in [0.1, 0.15) is 24.2 Å². The Morgan fingerprint density at radius 1 is 1.06 bits per heavy atom. The fraction of sp³-hybridized carbons (Fsp3) is 0.500. The average molecular weight is 226 g/mol. The second-order valence-corrected chi connectivity index (χ2v) is 3.32. The van der Waals surface area contributed by atoms with Crippen LogP contribution in [-0.2, 0) is 4.74 Å². The van der Waals surface area contributed by atoms with E-state index in [4.69, 9.17) is 14.2 Å². The standard InChI is InChI=1S/C12H18O4/c1-3-15-11-4-6-12(7-5-11)16-9-10(13)8-14-2/h4-7,10,13H,3,8-9H2,1-2H3. The van der Waals surface area contributed by atoms with Crippen molar-refractivity contribution in [2.75, 3.05) is 26.9 Å². The maximum absolute atomic E-state index is 9.37. The Bertz CT molecular complexity index is 284. The van der Waals surface area contributed by atoms with Gasteiger partial charge in [0.2, 0.25) is 0 Å². The molecule has 0 fully saturated rings. The predicted molar refractivity (Wildman–Crippen MR) is 61.0 cm³/mol. The van der Waals surface area contributed by atoms with E-state index in [1.54, 1.807) is 7.11 Å². The van der Waals surface area contributed by atoms with Crippen LogP contribution in [0, 0.1) is 0 Å². The molecule has 1 rings (SSSR count). The van der Waals surface area contributed by atoms with Gasteiger partial charge in [0.05, 0.1) is 13.2 Å². The summed E-state index contributed by atoms with van der Waals surface area (Å²) in [5.41, 5.74) is 0. The van der Waals surface area contributed by atoms with Gasteiger partial charge in [0, 0.05) is 7.11 Å². The number of rotatable bonds is 7. The van der Waals surface area contributed by atoms with Gasteiger partial charge in [-0.15, -0.1) is 0 Å². The summed E-state index contributed by atoms with van der Waals surface area (Å²) in [7, 11) is 1.54. The van der Waals surface area contributed by atoms with Gasteiger partial charge in [-0.3, -0.25) is 0 Å². The second-order valence-electron chi connectivity index (χ2n) is 3.32. The van der Waals surface area contributed by atoms with E-state index >= 15 is 0 Å². The highest BCUT2D eigenvalue weighted by molar-refractivity contribution is 5.31. The van der Waals surface area contributed by atoms with Gasteiger partial charge in [-0.2, -0.15) is 0 Å². The molecule has 0 aliphatic carbocycles. The van der Waals surface area contributed by atoms with Crippen LogP contribution in [0.4, 0.5) is 0 Å². The highest BCUT2D eigenvalue weighted by atomic mass is 16.5. The lowest BCUT2D eigenvalue weighted by Crippen LogP contribution is -2.22. The van der Waals surface area contributed by atoms with Gasteiger partial charge in [0.15, 0.2) is 0 Å². The number of hydrogen-bond acceptors (Lipinski definition) is 4. The molecular weight excluding hydrogens is 208 g/mol. The fourth-order valence-electron chi connectivity index (χ4n) is 1.23. The molecule has 16 heavy (non-hydrogen) atoms. The topological polar surface area (TPSA) is 47.9 Å². The Morgan fingerprint density at radius 2 is 1.62 bits per heavy atom. The average Bonchev–Trinajstić information content (AvgIpc) is 2.29. The van der Waals surface area contributed by atoms with Gasteiger partial charge in [-0.25, -0.2) is 0 Å². The van der Waals surface area contributed by atoms with Crippen molar-refractivity contribution in [3.63, 3.8) is 0 Å². The van der Waals surface area contributed by atoms with E-state index in [0.717, 1.165) is 5.75 Å². The first-order valence-electron chi connectivity index (χ1n) is 5.29. The monoisotopic (exact) mass is 226 g/mol. The summed E-state index contributed by atoms with van der Waals surface area (Å²) in [4.78, 5) is 0. The lowest BCUT2D eigenvalue weighted by molar-refractivity contribution is 0.0325. The number of aliphatic hydroxyl groups excluding tert-OH is 1. The minimum absolute atomic E-state index is 0.224. The molecule has 0 saturated carbocycles. The van der Waals surface area contributed by atoms with Gasteiger partial charge < -0.3 is 19.3 Å². The second kappa shape index (κ2) is 7.09. The van der Waals surface area contributed by atoms with Crippen LogP contribution in [0.3, 0.4) is 0 Å². The summed E-state index contributed by atoms with van der Waals surface area (Å²) in [5, 5.41) is 9.37. The van der Waals surface area contributed by atoms with Crippen molar-refractivity contribution in [3.8, 4) is 11.5 Å². The van der Waals surface area contributed by atoms with Crippen LogP contribution in [0.1, 0.15) is 6.92 Å². The molecule has 1 unspecified atom stereocenters. The van der Waals surface area contributed by atoms with Crippen molar-refractivity contribution in [2.24, 2.45) is 0 Å². The largest absolute Gasteiger partial charge is 0.494 e. The number of aliphatic hydroxyl groups is 1. The Kier molecular flexibility index (Phi) is 5.67. The molecule has 0 aliphatic rings. The Balaban J connectivity index is 2.37. The number of methoxy groups -OCH3 is 1. The van der Waals surface area contributed by atoms with Crippen LogP contribution in [0.2, 0.25) is 0 Å². The quantitative estimate of drug-likeness (QED) is 0.765. The Labute approximate surface area is 95.8 Å². The predicted octanol–water partition coefficient (Wildman–Crippen LogP) is 1.47. The number of benzene rings is 1. The Hall–Kier alpha value is -1.26. The molecule has 0 amide bonds. The molecule has 1 aromatic carbocycles. The van der Waals surface area contributed by atoms with Crippen molar-refractivity contribution >= 4 is 0 Å². The highest BCUT2D eigenvalue weighted by Gasteiger charge is 2.04. The SMILES string of the molecule is CCOc1ccc(OCC(O)COC)cc1. The van der Waals surface area contributed by atoms with Crippen LogP contribution in [0.5, 0.6) is 11.5 Å². The molecule has 1 aromatic rings. The molecule has 0 bridgehead atoms. The molecule has 0 saturated heterocycles. The van der Waals surface area contributed by atoms with Crippen LogP contribution < -0.4 is 9.47 Å². The smallest absolute Gasteiger partial charge is 0.119 e. The summed E-state index contributed by atoms with van der Waals surface area (Å²) in [6, 6.07) is 7.29. The van der Waals surface area contributed by atoms with Crippen molar-refractivity contribution < 1.29 is 19.3 Å². The first kappa shape index (κ1) is 12.8. The zero-order chi connectivity index (χ0) is 11.8. The van der Waals surface area contributed by atoms with Crippen molar-refractivity contribution in [3.05, 3.63) is 24.3 Å². The van der Waals surface area contributed by atoms with Crippen LogP contribution in [0.25, 0.3) is 0 Å². The van der Waals surface area contributed by atoms with Gasteiger partial charge >= 0.3 is 0 Å². The molecule has 90 valence electrons. The molecule has 0 aliphatic heterocycles. The van der Waals surface area contributed by atoms with Gasteiger partial charge in [-0.1, -0.05) is 0 Å². The van der Waals surface area contributed by atoms with E-state index < -0.39 is 6.10 Å². The number of hydrogen-bond donors (Lipinski definition) is 1. The number of ether oxygens (including phenoxy) is 3. The lowest BCUT2D eigenvalue weighted by atomic mass is 10.3. The van der Waals surface area contributed by atoms with Gasteiger partial charge in [0.25, 0.3) is 0 Å². The van der Waals surface area contributed by atoms with Crippen LogP contribution >= 0.6 is 0 Å². The van der Waals surface area contributed by atoms with E-state index in [0.29, 0.717) is 12.4 Å². The minimum atomic E-state index is -0.600. The maximum Gasteiger partial charge on any atom is 0.119 e. The van der Waals surface area contributed by atoms with Crippen molar-refractivity contribution in [1.29, 1.82) is 0 Å². The summed E-state index contributed by atoms with van der Waals surface area (Å²) >= 11 is 0. The summed E-state index contributed by atoms with van der Waals surface area (Å²) in [6.45, 7) is 3.08. The molecule has 0 spiro atoms. The third kappa shape index (κ3) is 4.51. The molecule has 4 heteroatoms. The van der Waals surface area contributed by atoms with E-state index in [2.05, 4.69) is 0 Å². The lowest BCUT2D eigenvalue weighted by Gasteiger charge is -2.11. The maximum atomic E-state index is 9.37. The van der Waals surface area contributed by atoms with Crippen molar-refractivity contribution in [2.45, 2.75) is 13.0 Å². The molecule has 0 radical (unpaired) electrons. The van der Waals surface area contributed by atoms with E-state index in [9.17, 15) is 5.11 Å². The van der Waals surface area contributed by atoms with Crippen molar-refractivity contribution in [1.82, 2.24) is 0 Å². The first-order chi connectivity index (χ1) is 7.76. The molecule has 0 aromatic heterocycles. The minimum Gasteiger partial charge on any atom is -0.494 e. The van der Waals surface area contributed by atoms with Gasteiger partial charge in [-0.05, 0) is 31.2 Å². The Morgan fingerprint density at radius 3 is 2.12 bits per heavy atom. The van der Waals surface area contributed by atoms with Crippen LogP contribution in [0.15, 0.2) is 24.3 Å². The summed E-state index contributed by atoms with van der Waals surface area (Å²) < 4.78 is 15.5. The molecule has 1 N–H and O–H groups in total. The van der Waals surface area contributed by atoms with E-state index in [1.807, 2.05) is 31.2 Å². The van der Waals surface area contributed by atoms with E-state index in [-0.39, 0.29) is 13.2 Å². The zero-order valence-corrected chi connectivity index (χ0v) is 9.68. The third-order valence-corrected chi connectivity index (χ3v) is 1.94. The molecule has 0 heterocycles. The summed E-state index contributed by atoms with van der Waals surface area (Å²) in [5.74, 6) is 1.52. The van der Waals surface area contributed by atoms with E-state index in [1.165, 1.54) is 0 Å². The molecule has 4 nitrogen and oxygen atoms in total. The first-order valence-corrected chi connectivity index (χ1v) is 5.29.